The minimum atomic E-state index is -0.244. The molecule has 0 aliphatic heterocycles. The largest absolute Gasteiger partial charge is 0.207 e. The summed E-state index contributed by atoms with van der Waals surface area (Å²) in [7, 11) is 0. The van der Waals surface area contributed by atoms with E-state index < -0.39 is 0 Å². The van der Waals surface area contributed by atoms with Crippen molar-refractivity contribution in [2.45, 2.75) is 31.6 Å². The van der Waals surface area contributed by atoms with E-state index in [1.54, 1.807) is 0 Å². The van der Waals surface area contributed by atoms with Crippen LogP contribution in [0.4, 0.5) is 4.39 Å². The van der Waals surface area contributed by atoms with Crippen molar-refractivity contribution in [2.24, 2.45) is 0 Å². The molecule has 0 aromatic heterocycles. The molecular formula is C11H12ClF. The molecular weight excluding hydrogens is 187 g/mol. The lowest BCUT2D eigenvalue weighted by atomic mass is 9.98. The average Bonchev–Trinajstić information content (AvgIpc) is 2.56. The second-order valence-electron chi connectivity index (χ2n) is 3.65. The van der Waals surface area contributed by atoms with Gasteiger partial charge in [-0.1, -0.05) is 30.5 Å². The minimum Gasteiger partial charge on any atom is -0.207 e. The van der Waals surface area contributed by atoms with E-state index in [4.69, 9.17) is 11.6 Å². The van der Waals surface area contributed by atoms with Crippen LogP contribution < -0.4 is 0 Å². The van der Waals surface area contributed by atoms with Gasteiger partial charge in [0.2, 0.25) is 0 Å². The summed E-state index contributed by atoms with van der Waals surface area (Å²) in [6, 6.07) is 4.74. The van der Waals surface area contributed by atoms with Gasteiger partial charge in [0.15, 0.2) is 0 Å². The number of halogens is 2. The van der Waals surface area contributed by atoms with Gasteiger partial charge in [-0.3, -0.25) is 0 Å². The summed E-state index contributed by atoms with van der Waals surface area (Å²) in [5, 5.41) is 0.590. The second kappa shape index (κ2) is 3.67. The predicted octanol–water partition coefficient (Wildman–Crippen LogP) is 4.14. The Morgan fingerprint density at radius 1 is 1.23 bits per heavy atom. The summed E-state index contributed by atoms with van der Waals surface area (Å²) in [5.74, 6) is 0.319. The molecule has 0 N–H and O–H groups in total. The predicted molar refractivity (Wildman–Crippen MR) is 52.6 cm³/mol. The van der Waals surface area contributed by atoms with Crippen LogP contribution in [0.1, 0.15) is 37.2 Å². The van der Waals surface area contributed by atoms with E-state index in [9.17, 15) is 4.39 Å². The normalized spacial score (nSPS) is 18.0. The van der Waals surface area contributed by atoms with E-state index >= 15 is 0 Å². The van der Waals surface area contributed by atoms with Crippen molar-refractivity contribution in [1.82, 2.24) is 0 Å². The molecule has 2 heteroatoms. The lowest BCUT2D eigenvalue weighted by Gasteiger charge is -2.10. The number of hydrogen-bond acceptors (Lipinski definition) is 0. The molecule has 2 rings (SSSR count). The SMILES string of the molecule is Fc1ccc(C2CCCC2)c(Cl)c1. The molecule has 1 aliphatic carbocycles. The third-order valence-corrected chi connectivity index (χ3v) is 3.08. The maximum atomic E-state index is 12.8. The zero-order chi connectivity index (χ0) is 9.26. The molecule has 1 aromatic rings. The van der Waals surface area contributed by atoms with Gasteiger partial charge in [-0.2, -0.15) is 0 Å². The van der Waals surface area contributed by atoms with Crippen LogP contribution in [0.15, 0.2) is 18.2 Å². The summed E-state index contributed by atoms with van der Waals surface area (Å²) < 4.78 is 12.8. The lowest BCUT2D eigenvalue weighted by Crippen LogP contribution is -1.93. The molecule has 0 nitrogen and oxygen atoms in total. The van der Waals surface area contributed by atoms with Crippen LogP contribution in [-0.4, -0.2) is 0 Å². The molecule has 70 valence electrons. The maximum absolute atomic E-state index is 12.8. The molecule has 13 heavy (non-hydrogen) atoms. The van der Waals surface area contributed by atoms with E-state index in [0.29, 0.717) is 10.9 Å². The Kier molecular flexibility index (Phi) is 2.54. The molecule has 1 aliphatic rings. The summed E-state index contributed by atoms with van der Waals surface area (Å²) in [6.07, 6.45) is 4.95. The highest BCUT2D eigenvalue weighted by Gasteiger charge is 2.19. The Morgan fingerprint density at radius 2 is 1.92 bits per heavy atom. The fourth-order valence-electron chi connectivity index (χ4n) is 2.07. The second-order valence-corrected chi connectivity index (χ2v) is 4.05. The molecule has 1 saturated carbocycles. The van der Waals surface area contributed by atoms with Gasteiger partial charge >= 0.3 is 0 Å². The van der Waals surface area contributed by atoms with Crippen molar-refractivity contribution in [1.29, 1.82) is 0 Å². The lowest BCUT2D eigenvalue weighted by molar-refractivity contribution is 0.624. The van der Waals surface area contributed by atoms with E-state index in [-0.39, 0.29) is 5.82 Å². The van der Waals surface area contributed by atoms with Gasteiger partial charge < -0.3 is 0 Å². The first-order chi connectivity index (χ1) is 6.27. The Bertz CT molecular complexity index is 303. The standard InChI is InChI=1S/C11H12ClF/c12-11-7-9(13)5-6-10(11)8-3-1-2-4-8/h5-8H,1-4H2. The van der Waals surface area contributed by atoms with Crippen LogP contribution in [0.5, 0.6) is 0 Å². The van der Waals surface area contributed by atoms with Gasteiger partial charge in [0.25, 0.3) is 0 Å². The molecule has 0 atom stereocenters. The van der Waals surface area contributed by atoms with E-state index in [2.05, 4.69) is 0 Å². The smallest absolute Gasteiger partial charge is 0.124 e. The minimum absolute atomic E-state index is 0.244. The quantitative estimate of drug-likeness (QED) is 0.637. The Morgan fingerprint density at radius 3 is 2.54 bits per heavy atom. The van der Waals surface area contributed by atoms with Crippen molar-refractivity contribution in [3.05, 3.63) is 34.6 Å². The zero-order valence-corrected chi connectivity index (χ0v) is 8.15. The summed E-state index contributed by atoms with van der Waals surface area (Å²) in [5.41, 5.74) is 1.13. The molecule has 1 fully saturated rings. The number of hydrogen-bond donors (Lipinski definition) is 0. The monoisotopic (exact) mass is 198 g/mol. The van der Waals surface area contributed by atoms with Crippen LogP contribution in [0.3, 0.4) is 0 Å². The van der Waals surface area contributed by atoms with Gasteiger partial charge in [0.05, 0.1) is 0 Å². The van der Waals surface area contributed by atoms with Gasteiger partial charge in [-0.25, -0.2) is 4.39 Å². The van der Waals surface area contributed by atoms with Crippen LogP contribution in [0.2, 0.25) is 5.02 Å². The van der Waals surface area contributed by atoms with Gasteiger partial charge in [-0.05, 0) is 36.5 Å². The number of rotatable bonds is 1. The van der Waals surface area contributed by atoms with Crippen LogP contribution in [-0.2, 0) is 0 Å². The third kappa shape index (κ3) is 1.86. The van der Waals surface area contributed by atoms with Crippen molar-refractivity contribution >= 4 is 11.6 Å². The summed E-state index contributed by atoms with van der Waals surface area (Å²) in [4.78, 5) is 0. The van der Waals surface area contributed by atoms with Crippen molar-refractivity contribution < 1.29 is 4.39 Å². The first-order valence-corrected chi connectivity index (χ1v) is 5.10. The number of benzene rings is 1. The molecule has 0 heterocycles. The van der Waals surface area contributed by atoms with Crippen molar-refractivity contribution in [3.63, 3.8) is 0 Å². The third-order valence-electron chi connectivity index (χ3n) is 2.76. The van der Waals surface area contributed by atoms with Gasteiger partial charge in [0, 0.05) is 5.02 Å². The molecule has 0 bridgehead atoms. The zero-order valence-electron chi connectivity index (χ0n) is 7.39. The average molecular weight is 199 g/mol. The van der Waals surface area contributed by atoms with Gasteiger partial charge in [-0.15, -0.1) is 0 Å². The van der Waals surface area contributed by atoms with Gasteiger partial charge in [0.1, 0.15) is 5.82 Å². The van der Waals surface area contributed by atoms with Crippen molar-refractivity contribution in [2.75, 3.05) is 0 Å². The molecule has 0 radical (unpaired) electrons. The highest BCUT2D eigenvalue weighted by Crippen LogP contribution is 2.37. The van der Waals surface area contributed by atoms with Crippen LogP contribution >= 0.6 is 11.6 Å². The highest BCUT2D eigenvalue weighted by molar-refractivity contribution is 6.31. The molecule has 0 spiro atoms. The molecule has 0 unspecified atom stereocenters. The summed E-state index contributed by atoms with van der Waals surface area (Å²) >= 11 is 5.97. The molecule has 0 amide bonds. The highest BCUT2D eigenvalue weighted by atomic mass is 35.5. The van der Waals surface area contributed by atoms with Crippen LogP contribution in [0, 0.1) is 5.82 Å². The first kappa shape index (κ1) is 9.01. The van der Waals surface area contributed by atoms with Crippen molar-refractivity contribution in [3.8, 4) is 0 Å². The Balaban J connectivity index is 2.29. The maximum Gasteiger partial charge on any atom is 0.124 e. The van der Waals surface area contributed by atoms with E-state index in [1.165, 1.54) is 37.8 Å². The topological polar surface area (TPSA) is 0 Å². The summed E-state index contributed by atoms with van der Waals surface area (Å²) in [6.45, 7) is 0. The Hall–Kier alpha value is -0.560. The van der Waals surface area contributed by atoms with E-state index in [1.807, 2.05) is 6.07 Å². The first-order valence-electron chi connectivity index (χ1n) is 4.72. The fourth-order valence-corrected chi connectivity index (χ4v) is 2.39. The fraction of sp³-hybridized carbons (Fsp3) is 0.455. The molecule has 1 aromatic carbocycles. The molecule has 0 saturated heterocycles. The van der Waals surface area contributed by atoms with E-state index in [0.717, 1.165) is 5.56 Å². The Labute approximate surface area is 82.7 Å². The van der Waals surface area contributed by atoms with Crippen LogP contribution in [0.25, 0.3) is 0 Å².